The lowest BCUT2D eigenvalue weighted by Crippen LogP contribution is -2.22. The molecule has 0 radical (unpaired) electrons. The minimum Gasteiger partial charge on any atom is -0.309 e. The highest BCUT2D eigenvalue weighted by Gasteiger charge is 2.34. The second-order valence-corrected chi connectivity index (χ2v) is 1.89. The molecule has 0 heterocycles. The fraction of sp³-hybridized carbons (Fsp3) is 0.333. The molecule has 0 bridgehead atoms. The predicted molar refractivity (Wildman–Crippen MR) is 36.3 cm³/mol. The first-order valence-corrected chi connectivity index (χ1v) is 2.73. The lowest BCUT2D eigenvalue weighted by Gasteiger charge is -2.06. The number of rotatable bonds is 2. The summed E-state index contributed by atoms with van der Waals surface area (Å²) in [4.78, 5) is 0. The second kappa shape index (κ2) is 3.32. The van der Waals surface area contributed by atoms with Crippen LogP contribution >= 0.6 is 0 Å². The maximum Gasteiger partial charge on any atom is 0.432 e. The van der Waals surface area contributed by atoms with Crippen LogP contribution in [-0.4, -0.2) is 18.1 Å². The molecule has 2 N–H and O–H groups in total. The molecular weight excluding hydrogens is 157 g/mol. The van der Waals surface area contributed by atoms with E-state index in [1.165, 1.54) is 0 Å². The standard InChI is InChI=1S/C6H7F3N2/c1-4(2-3-10)5(11)6(7,8)9/h2-3,10-11H,1H3/b4-2-,10-3?,11-5?. The van der Waals surface area contributed by atoms with Crippen LogP contribution in [0.4, 0.5) is 13.2 Å². The minimum absolute atomic E-state index is 0.257. The molecule has 62 valence electrons. The zero-order chi connectivity index (χ0) is 9.07. The molecule has 0 aromatic carbocycles. The highest BCUT2D eigenvalue weighted by Crippen LogP contribution is 2.20. The quantitative estimate of drug-likeness (QED) is 0.587. The molecule has 0 aromatic heterocycles. The van der Waals surface area contributed by atoms with Gasteiger partial charge >= 0.3 is 6.18 Å². The van der Waals surface area contributed by atoms with Gasteiger partial charge in [-0.1, -0.05) is 0 Å². The van der Waals surface area contributed by atoms with Crippen molar-refractivity contribution in [2.75, 3.05) is 0 Å². The third-order valence-corrected chi connectivity index (χ3v) is 1.01. The monoisotopic (exact) mass is 164 g/mol. The van der Waals surface area contributed by atoms with Crippen LogP contribution in [0.1, 0.15) is 6.92 Å². The van der Waals surface area contributed by atoms with Crippen molar-refractivity contribution in [3.8, 4) is 0 Å². The van der Waals surface area contributed by atoms with E-state index in [1.54, 1.807) is 0 Å². The first kappa shape index (κ1) is 9.87. The number of allylic oxidation sites excluding steroid dienone is 2. The summed E-state index contributed by atoms with van der Waals surface area (Å²) in [5, 5.41) is 13.0. The van der Waals surface area contributed by atoms with Crippen molar-refractivity contribution in [3.05, 3.63) is 11.6 Å². The molecule has 0 rings (SSSR count). The zero-order valence-electron chi connectivity index (χ0n) is 5.79. The normalized spacial score (nSPS) is 12.9. The third kappa shape index (κ3) is 2.97. The van der Waals surface area contributed by atoms with E-state index in [1.807, 2.05) is 0 Å². The molecule has 0 spiro atoms. The van der Waals surface area contributed by atoms with Crippen molar-refractivity contribution in [2.24, 2.45) is 0 Å². The molecule has 0 aliphatic carbocycles. The fourth-order valence-electron chi connectivity index (χ4n) is 0.432. The number of alkyl halides is 3. The summed E-state index contributed by atoms with van der Waals surface area (Å²) in [6.45, 7) is 1.14. The smallest absolute Gasteiger partial charge is 0.309 e. The van der Waals surface area contributed by atoms with E-state index in [0.717, 1.165) is 19.2 Å². The van der Waals surface area contributed by atoms with Crippen molar-refractivity contribution >= 4 is 11.9 Å². The molecule has 0 amide bonds. The number of nitrogens with one attached hydrogen (secondary N) is 2. The summed E-state index contributed by atoms with van der Waals surface area (Å²) in [5.74, 6) is 0. The molecule has 0 saturated carbocycles. The summed E-state index contributed by atoms with van der Waals surface area (Å²) < 4.78 is 35.0. The fourth-order valence-corrected chi connectivity index (χ4v) is 0.432. The number of halogens is 3. The summed E-state index contributed by atoms with van der Waals surface area (Å²) in [6.07, 6.45) is -2.96. The van der Waals surface area contributed by atoms with Crippen molar-refractivity contribution < 1.29 is 13.2 Å². The molecule has 0 aromatic rings. The van der Waals surface area contributed by atoms with Gasteiger partial charge in [0.15, 0.2) is 0 Å². The van der Waals surface area contributed by atoms with Gasteiger partial charge in [-0.2, -0.15) is 13.2 Å². The Morgan fingerprint density at radius 3 is 2.09 bits per heavy atom. The molecule has 5 heteroatoms. The highest BCUT2D eigenvalue weighted by molar-refractivity contribution is 6.03. The van der Waals surface area contributed by atoms with E-state index in [4.69, 9.17) is 10.8 Å². The molecule has 11 heavy (non-hydrogen) atoms. The topological polar surface area (TPSA) is 47.7 Å². The Kier molecular flexibility index (Phi) is 2.98. The van der Waals surface area contributed by atoms with E-state index in [0.29, 0.717) is 0 Å². The van der Waals surface area contributed by atoms with Gasteiger partial charge in [0.2, 0.25) is 0 Å². The average molecular weight is 164 g/mol. The van der Waals surface area contributed by atoms with E-state index < -0.39 is 11.9 Å². The Balaban J connectivity index is 4.51. The van der Waals surface area contributed by atoms with E-state index in [2.05, 4.69) is 0 Å². The molecule has 2 nitrogen and oxygen atoms in total. The Labute approximate surface area is 61.7 Å². The molecule has 0 unspecified atom stereocenters. The van der Waals surface area contributed by atoms with Gasteiger partial charge < -0.3 is 5.41 Å². The third-order valence-electron chi connectivity index (χ3n) is 1.01. The lowest BCUT2D eigenvalue weighted by molar-refractivity contribution is -0.0589. The number of hydrogen-bond donors (Lipinski definition) is 2. The SMILES string of the molecule is C/C(=C/C=N)C(=N)C(F)(F)F. The average Bonchev–Trinajstić information content (AvgIpc) is 1.85. The molecule has 0 aliphatic rings. The van der Waals surface area contributed by atoms with E-state index in [9.17, 15) is 13.2 Å². The van der Waals surface area contributed by atoms with E-state index >= 15 is 0 Å². The molecular formula is C6H7F3N2. The van der Waals surface area contributed by atoms with Crippen LogP contribution in [0.15, 0.2) is 11.6 Å². The Bertz CT molecular complexity index is 202. The largest absolute Gasteiger partial charge is 0.432 e. The first-order valence-electron chi connectivity index (χ1n) is 2.73. The van der Waals surface area contributed by atoms with Gasteiger partial charge in [-0.25, -0.2) is 0 Å². The predicted octanol–water partition coefficient (Wildman–Crippen LogP) is 2.16. The van der Waals surface area contributed by atoms with Gasteiger partial charge in [0.1, 0.15) is 5.71 Å². The molecule has 0 atom stereocenters. The molecule has 0 fully saturated rings. The van der Waals surface area contributed by atoms with Gasteiger partial charge in [0.05, 0.1) is 0 Å². The van der Waals surface area contributed by atoms with Crippen LogP contribution in [0.2, 0.25) is 0 Å². The van der Waals surface area contributed by atoms with Gasteiger partial charge in [0, 0.05) is 6.21 Å². The zero-order valence-corrected chi connectivity index (χ0v) is 5.79. The van der Waals surface area contributed by atoms with Gasteiger partial charge in [0.25, 0.3) is 0 Å². The Morgan fingerprint density at radius 1 is 1.36 bits per heavy atom. The van der Waals surface area contributed by atoms with Gasteiger partial charge in [-0.05, 0) is 18.6 Å². The lowest BCUT2D eigenvalue weighted by atomic mass is 10.2. The maximum absolute atomic E-state index is 11.7. The Hall–Kier alpha value is -1.13. The molecule has 0 aliphatic heterocycles. The summed E-state index contributed by atoms with van der Waals surface area (Å²) in [7, 11) is 0. The van der Waals surface area contributed by atoms with Crippen LogP contribution in [0, 0.1) is 10.8 Å². The second-order valence-electron chi connectivity index (χ2n) is 1.89. The van der Waals surface area contributed by atoms with Crippen molar-refractivity contribution in [1.82, 2.24) is 0 Å². The van der Waals surface area contributed by atoms with Crippen molar-refractivity contribution in [2.45, 2.75) is 13.1 Å². The Morgan fingerprint density at radius 2 is 1.82 bits per heavy atom. The summed E-state index contributed by atoms with van der Waals surface area (Å²) in [5.41, 5.74) is -1.66. The van der Waals surface area contributed by atoms with Crippen LogP contribution in [0.3, 0.4) is 0 Å². The highest BCUT2D eigenvalue weighted by atomic mass is 19.4. The maximum atomic E-state index is 11.7. The summed E-state index contributed by atoms with van der Waals surface area (Å²) in [6, 6.07) is 0. The van der Waals surface area contributed by atoms with Crippen LogP contribution in [-0.2, 0) is 0 Å². The van der Waals surface area contributed by atoms with Crippen LogP contribution in [0.25, 0.3) is 0 Å². The van der Waals surface area contributed by atoms with Crippen LogP contribution < -0.4 is 0 Å². The van der Waals surface area contributed by atoms with Gasteiger partial charge in [-0.15, -0.1) is 0 Å². The van der Waals surface area contributed by atoms with Crippen molar-refractivity contribution in [3.63, 3.8) is 0 Å². The van der Waals surface area contributed by atoms with Gasteiger partial charge in [-0.3, -0.25) is 5.41 Å². The van der Waals surface area contributed by atoms with Crippen molar-refractivity contribution in [1.29, 1.82) is 10.8 Å². The number of hydrogen-bond acceptors (Lipinski definition) is 2. The first-order chi connectivity index (χ1) is 4.89. The minimum atomic E-state index is -4.61. The van der Waals surface area contributed by atoms with E-state index in [-0.39, 0.29) is 5.57 Å². The molecule has 0 saturated heterocycles. The summed E-state index contributed by atoms with van der Waals surface area (Å²) >= 11 is 0. The van der Waals surface area contributed by atoms with Crippen LogP contribution in [0.5, 0.6) is 0 Å².